The molecule has 1 aliphatic rings. The van der Waals surface area contributed by atoms with E-state index in [1.807, 2.05) is 66.4 Å². The normalized spacial score (nSPS) is 15.8. The van der Waals surface area contributed by atoms with Crippen LogP contribution in [-0.4, -0.2) is 54.5 Å². The molecule has 1 heterocycles. The van der Waals surface area contributed by atoms with Crippen LogP contribution in [0.2, 0.25) is 0 Å². The Morgan fingerprint density at radius 3 is 2.50 bits per heavy atom. The van der Waals surface area contributed by atoms with Gasteiger partial charge in [-0.15, -0.1) is 0 Å². The number of carbonyl (C=O) groups excluding carboxylic acids is 1. The molecule has 3 N–H and O–H groups in total. The molecular weight excluding hydrogens is 370 g/mol. The zero-order valence-corrected chi connectivity index (χ0v) is 17.0. The Balaban J connectivity index is 1.38. The molecule has 0 radical (unpaired) electrons. The van der Waals surface area contributed by atoms with Crippen LogP contribution in [-0.2, 0) is 17.8 Å². The molecule has 2 aromatic rings. The molecule has 2 aromatic carbocycles. The summed E-state index contributed by atoms with van der Waals surface area (Å²) in [5.41, 5.74) is 8.24. The molecule has 1 unspecified atom stereocenters. The zero-order valence-electron chi connectivity index (χ0n) is 16.2. The van der Waals surface area contributed by atoms with E-state index in [1.54, 1.807) is 0 Å². The minimum absolute atomic E-state index is 0.0872. The lowest BCUT2D eigenvalue weighted by molar-refractivity contribution is -0.122. The molecule has 1 amide bonds. The van der Waals surface area contributed by atoms with Crippen molar-refractivity contribution in [1.29, 1.82) is 0 Å². The highest BCUT2D eigenvalue weighted by Gasteiger charge is 2.15. The Hall–Kier alpha value is -2.02. The van der Waals surface area contributed by atoms with Crippen LogP contribution < -0.4 is 15.8 Å². The maximum absolute atomic E-state index is 12.2. The predicted molar refractivity (Wildman–Crippen MR) is 116 cm³/mol. The Morgan fingerprint density at radius 2 is 1.79 bits per heavy atom. The molecule has 3 rings (SSSR count). The van der Waals surface area contributed by atoms with Gasteiger partial charge >= 0.3 is 0 Å². The minimum Gasteiger partial charge on any atom is -0.489 e. The fourth-order valence-electron chi connectivity index (χ4n) is 3.10. The van der Waals surface area contributed by atoms with E-state index in [-0.39, 0.29) is 5.91 Å². The van der Waals surface area contributed by atoms with Gasteiger partial charge in [0.1, 0.15) is 12.4 Å². The molecule has 0 aromatic heterocycles. The number of benzene rings is 2. The van der Waals surface area contributed by atoms with Gasteiger partial charge < -0.3 is 15.8 Å². The highest BCUT2D eigenvalue weighted by atomic mass is 32.2. The van der Waals surface area contributed by atoms with E-state index in [0.29, 0.717) is 19.6 Å². The van der Waals surface area contributed by atoms with Gasteiger partial charge in [0, 0.05) is 37.7 Å². The number of hydrogen-bond donors (Lipinski definition) is 2. The summed E-state index contributed by atoms with van der Waals surface area (Å²) in [4.78, 5) is 14.6. The van der Waals surface area contributed by atoms with Crippen LogP contribution in [0.5, 0.6) is 5.75 Å². The van der Waals surface area contributed by atoms with Gasteiger partial charge in [0.15, 0.2) is 0 Å². The van der Waals surface area contributed by atoms with Crippen molar-refractivity contribution >= 4 is 17.7 Å². The molecule has 6 heteroatoms. The number of nitrogens with two attached hydrogens (primary N) is 1. The zero-order chi connectivity index (χ0) is 19.6. The third kappa shape index (κ3) is 6.86. The first-order chi connectivity index (χ1) is 13.7. The molecule has 28 heavy (non-hydrogen) atoms. The van der Waals surface area contributed by atoms with Crippen molar-refractivity contribution in [3.63, 3.8) is 0 Å². The number of carbonyl (C=O) groups is 1. The summed E-state index contributed by atoms with van der Waals surface area (Å²) in [7, 11) is 0. The van der Waals surface area contributed by atoms with E-state index in [4.69, 9.17) is 10.5 Å². The maximum Gasteiger partial charge on any atom is 0.237 e. The first-order valence-electron chi connectivity index (χ1n) is 9.80. The summed E-state index contributed by atoms with van der Waals surface area (Å²) in [6.07, 6.45) is 0.519. The fourth-order valence-corrected chi connectivity index (χ4v) is 4.08. The van der Waals surface area contributed by atoms with E-state index in [2.05, 4.69) is 10.2 Å². The van der Waals surface area contributed by atoms with Crippen molar-refractivity contribution in [3.8, 4) is 5.75 Å². The molecule has 1 fully saturated rings. The predicted octanol–water partition coefficient (Wildman–Crippen LogP) is 2.30. The van der Waals surface area contributed by atoms with Gasteiger partial charge in [0.05, 0.1) is 6.04 Å². The Kier molecular flexibility index (Phi) is 8.21. The van der Waals surface area contributed by atoms with Crippen molar-refractivity contribution in [2.45, 2.75) is 19.1 Å². The molecule has 0 spiro atoms. The lowest BCUT2D eigenvalue weighted by atomic mass is 10.1. The third-order valence-corrected chi connectivity index (χ3v) is 5.74. The van der Waals surface area contributed by atoms with Crippen molar-refractivity contribution in [1.82, 2.24) is 10.2 Å². The van der Waals surface area contributed by atoms with Crippen LogP contribution >= 0.6 is 11.8 Å². The Bertz CT molecular complexity index is 718. The standard InChI is InChI=1S/C22H29N3O2S/c23-21(22(26)24-10-11-25-12-14-28-15-13-25)16-18-6-8-20(9-7-18)27-17-19-4-2-1-3-5-19/h1-9,21H,10-17,23H2,(H,24,26). The Labute approximate surface area is 171 Å². The van der Waals surface area contributed by atoms with Crippen LogP contribution in [0.4, 0.5) is 0 Å². The lowest BCUT2D eigenvalue weighted by Gasteiger charge is -2.26. The van der Waals surface area contributed by atoms with Gasteiger partial charge in [0.2, 0.25) is 5.91 Å². The number of thioether (sulfide) groups is 1. The molecule has 1 saturated heterocycles. The van der Waals surface area contributed by atoms with Gasteiger partial charge in [-0.1, -0.05) is 42.5 Å². The summed E-state index contributed by atoms with van der Waals surface area (Å²) < 4.78 is 5.79. The number of amides is 1. The Morgan fingerprint density at radius 1 is 1.07 bits per heavy atom. The highest BCUT2D eigenvalue weighted by Crippen LogP contribution is 2.15. The molecule has 5 nitrogen and oxygen atoms in total. The summed E-state index contributed by atoms with van der Waals surface area (Å²) >= 11 is 1.99. The van der Waals surface area contributed by atoms with E-state index < -0.39 is 6.04 Å². The van der Waals surface area contributed by atoms with Gasteiger partial charge in [-0.3, -0.25) is 9.69 Å². The second-order valence-electron chi connectivity index (χ2n) is 6.97. The molecule has 150 valence electrons. The summed E-state index contributed by atoms with van der Waals surface area (Å²) in [5.74, 6) is 3.08. The molecule has 0 saturated carbocycles. The van der Waals surface area contributed by atoms with Crippen LogP contribution in [0.1, 0.15) is 11.1 Å². The molecule has 1 aliphatic heterocycles. The van der Waals surface area contributed by atoms with E-state index in [1.165, 1.54) is 11.5 Å². The SMILES string of the molecule is NC(Cc1ccc(OCc2ccccc2)cc1)C(=O)NCCN1CCSCC1. The van der Waals surface area contributed by atoms with E-state index >= 15 is 0 Å². The minimum atomic E-state index is -0.534. The van der Waals surface area contributed by atoms with Gasteiger partial charge in [-0.25, -0.2) is 0 Å². The summed E-state index contributed by atoms with van der Waals surface area (Å²) in [5, 5.41) is 2.96. The van der Waals surface area contributed by atoms with Gasteiger partial charge in [0.25, 0.3) is 0 Å². The third-order valence-electron chi connectivity index (χ3n) is 4.80. The average molecular weight is 400 g/mol. The first kappa shape index (κ1) is 20.7. The van der Waals surface area contributed by atoms with E-state index in [0.717, 1.165) is 36.5 Å². The number of nitrogens with zero attached hydrogens (tertiary/aromatic N) is 1. The second kappa shape index (κ2) is 11.1. The van der Waals surface area contributed by atoms with E-state index in [9.17, 15) is 4.79 Å². The van der Waals surface area contributed by atoms with Crippen molar-refractivity contribution < 1.29 is 9.53 Å². The van der Waals surface area contributed by atoms with Gasteiger partial charge in [-0.05, 0) is 29.7 Å². The number of hydrogen-bond acceptors (Lipinski definition) is 5. The van der Waals surface area contributed by atoms with Crippen molar-refractivity contribution in [3.05, 3.63) is 65.7 Å². The first-order valence-corrected chi connectivity index (χ1v) is 11.0. The van der Waals surface area contributed by atoms with Crippen LogP contribution in [0.15, 0.2) is 54.6 Å². The van der Waals surface area contributed by atoms with Crippen LogP contribution in [0.25, 0.3) is 0 Å². The van der Waals surface area contributed by atoms with Crippen molar-refractivity contribution in [2.75, 3.05) is 37.7 Å². The summed E-state index contributed by atoms with van der Waals surface area (Å²) in [6.45, 7) is 4.30. The van der Waals surface area contributed by atoms with Gasteiger partial charge in [-0.2, -0.15) is 11.8 Å². The smallest absolute Gasteiger partial charge is 0.237 e. The molecular formula is C22H29N3O2S. The topological polar surface area (TPSA) is 67.6 Å². The number of nitrogens with one attached hydrogen (secondary N) is 1. The molecule has 0 aliphatic carbocycles. The monoisotopic (exact) mass is 399 g/mol. The fraction of sp³-hybridized carbons (Fsp3) is 0.409. The molecule has 1 atom stereocenters. The largest absolute Gasteiger partial charge is 0.489 e. The highest BCUT2D eigenvalue weighted by molar-refractivity contribution is 7.99. The summed E-state index contributed by atoms with van der Waals surface area (Å²) in [6, 6.07) is 17.3. The molecule has 0 bridgehead atoms. The number of ether oxygens (including phenoxy) is 1. The average Bonchev–Trinajstić information content (AvgIpc) is 2.74. The van der Waals surface area contributed by atoms with Crippen molar-refractivity contribution in [2.24, 2.45) is 5.73 Å². The second-order valence-corrected chi connectivity index (χ2v) is 8.20. The number of rotatable bonds is 9. The quantitative estimate of drug-likeness (QED) is 0.677. The lowest BCUT2D eigenvalue weighted by Crippen LogP contribution is -2.45. The van der Waals surface area contributed by atoms with Crippen LogP contribution in [0.3, 0.4) is 0 Å². The van der Waals surface area contributed by atoms with Crippen LogP contribution in [0, 0.1) is 0 Å². The maximum atomic E-state index is 12.2.